The van der Waals surface area contributed by atoms with Gasteiger partial charge in [-0.2, -0.15) is 0 Å². The molecule has 0 spiro atoms. The third kappa shape index (κ3) is 2.80. The Morgan fingerprint density at radius 1 is 1.38 bits per heavy atom. The topological polar surface area (TPSA) is 65.8 Å². The fourth-order valence-corrected chi connectivity index (χ4v) is 2.95. The van der Waals surface area contributed by atoms with Crippen molar-refractivity contribution in [2.75, 3.05) is 24.6 Å². The maximum Gasteiger partial charge on any atom is 0.136 e. The van der Waals surface area contributed by atoms with Crippen molar-refractivity contribution in [2.45, 2.75) is 25.6 Å². The number of aliphatic hydroxyl groups excluding tert-OH is 1. The van der Waals surface area contributed by atoms with Crippen molar-refractivity contribution in [1.82, 2.24) is 4.98 Å². The van der Waals surface area contributed by atoms with Crippen LogP contribution in [0.5, 0.6) is 5.75 Å². The summed E-state index contributed by atoms with van der Waals surface area (Å²) in [4.78, 5) is 6.60. The molecule has 5 heteroatoms. The lowest BCUT2D eigenvalue weighted by Gasteiger charge is -2.43. The molecule has 1 saturated heterocycles. The Balaban J connectivity index is 2.05. The van der Waals surface area contributed by atoms with Gasteiger partial charge >= 0.3 is 0 Å². The molecule has 2 heterocycles. The van der Waals surface area contributed by atoms with E-state index in [1.165, 1.54) is 0 Å². The molecular weight excluding hydrogens is 268 g/mol. The van der Waals surface area contributed by atoms with Crippen LogP contribution in [0, 0.1) is 0 Å². The number of aliphatic hydroxyl groups is 1. The number of aromatic hydroxyl groups is 1. The number of pyridine rings is 1. The number of hydrogen-bond acceptors (Lipinski definition) is 5. The van der Waals surface area contributed by atoms with E-state index >= 15 is 0 Å². The number of morpholine rings is 1. The lowest BCUT2D eigenvalue weighted by atomic mass is 10.0. The van der Waals surface area contributed by atoms with Gasteiger partial charge in [0.05, 0.1) is 18.3 Å². The van der Waals surface area contributed by atoms with Crippen LogP contribution in [0.2, 0.25) is 0 Å². The van der Waals surface area contributed by atoms with Crippen molar-refractivity contribution < 1.29 is 14.9 Å². The van der Waals surface area contributed by atoms with E-state index in [4.69, 9.17) is 4.74 Å². The standard InChI is InChI=1S/C16H20N2O3/c1-16(2)10-18(8-13(9-19)21-16)15-14-7-12(20)4-3-11(14)5-6-17-15/h3-7,13,19-20H,8-10H2,1-2H3. The molecule has 1 aliphatic rings. The van der Waals surface area contributed by atoms with Gasteiger partial charge in [0.25, 0.3) is 0 Å². The number of hydrogen-bond donors (Lipinski definition) is 2. The third-order valence-corrected chi connectivity index (χ3v) is 3.71. The highest BCUT2D eigenvalue weighted by molar-refractivity contribution is 5.93. The van der Waals surface area contributed by atoms with Crippen LogP contribution in [-0.4, -0.2) is 46.6 Å². The Kier molecular flexibility index (Phi) is 3.47. The van der Waals surface area contributed by atoms with Gasteiger partial charge < -0.3 is 19.8 Å². The quantitative estimate of drug-likeness (QED) is 0.884. The molecule has 1 aliphatic heterocycles. The molecule has 1 unspecified atom stereocenters. The van der Waals surface area contributed by atoms with Crippen molar-refractivity contribution >= 4 is 16.6 Å². The summed E-state index contributed by atoms with van der Waals surface area (Å²) < 4.78 is 5.84. The van der Waals surface area contributed by atoms with Crippen LogP contribution in [0.4, 0.5) is 5.82 Å². The van der Waals surface area contributed by atoms with E-state index in [1.807, 2.05) is 26.0 Å². The fraction of sp³-hybridized carbons (Fsp3) is 0.438. The summed E-state index contributed by atoms with van der Waals surface area (Å²) in [7, 11) is 0. The molecule has 0 saturated carbocycles. The van der Waals surface area contributed by atoms with Crippen LogP contribution < -0.4 is 4.90 Å². The lowest BCUT2D eigenvalue weighted by molar-refractivity contribution is -0.101. The molecule has 5 nitrogen and oxygen atoms in total. The lowest BCUT2D eigenvalue weighted by Crippen LogP contribution is -2.54. The maximum absolute atomic E-state index is 9.74. The average molecular weight is 288 g/mol. The van der Waals surface area contributed by atoms with Gasteiger partial charge in [0.2, 0.25) is 0 Å². The van der Waals surface area contributed by atoms with E-state index in [0.29, 0.717) is 13.1 Å². The number of ether oxygens (including phenoxy) is 1. The summed E-state index contributed by atoms with van der Waals surface area (Å²) in [6, 6.07) is 7.21. The third-order valence-electron chi connectivity index (χ3n) is 3.71. The van der Waals surface area contributed by atoms with E-state index in [9.17, 15) is 10.2 Å². The highest BCUT2D eigenvalue weighted by Gasteiger charge is 2.34. The highest BCUT2D eigenvalue weighted by Crippen LogP contribution is 2.31. The molecule has 3 rings (SSSR count). The summed E-state index contributed by atoms with van der Waals surface area (Å²) >= 11 is 0. The maximum atomic E-state index is 9.74. The second-order valence-electron chi connectivity index (χ2n) is 6.10. The van der Waals surface area contributed by atoms with Crippen LogP contribution in [0.3, 0.4) is 0 Å². The molecule has 0 radical (unpaired) electrons. The minimum atomic E-state index is -0.355. The minimum absolute atomic E-state index is 0.0179. The van der Waals surface area contributed by atoms with Crippen molar-refractivity contribution in [3.63, 3.8) is 0 Å². The molecule has 2 aromatic rings. The van der Waals surface area contributed by atoms with Gasteiger partial charge in [0, 0.05) is 24.7 Å². The summed E-state index contributed by atoms with van der Waals surface area (Å²) in [5, 5.41) is 21.1. The van der Waals surface area contributed by atoms with Crippen molar-refractivity contribution in [3.05, 3.63) is 30.5 Å². The van der Waals surface area contributed by atoms with Gasteiger partial charge in [-0.15, -0.1) is 0 Å². The van der Waals surface area contributed by atoms with Gasteiger partial charge in [-0.3, -0.25) is 0 Å². The first-order valence-electron chi connectivity index (χ1n) is 7.10. The van der Waals surface area contributed by atoms with Crippen LogP contribution in [-0.2, 0) is 4.74 Å². The number of nitrogens with zero attached hydrogens (tertiary/aromatic N) is 2. The van der Waals surface area contributed by atoms with E-state index < -0.39 is 0 Å². The van der Waals surface area contributed by atoms with E-state index in [-0.39, 0.29) is 24.1 Å². The van der Waals surface area contributed by atoms with Crippen LogP contribution in [0.25, 0.3) is 10.8 Å². The summed E-state index contributed by atoms with van der Waals surface area (Å²) in [5.41, 5.74) is -0.355. The zero-order chi connectivity index (χ0) is 15.0. The van der Waals surface area contributed by atoms with Crippen LogP contribution in [0.1, 0.15) is 13.8 Å². The highest BCUT2D eigenvalue weighted by atomic mass is 16.5. The Morgan fingerprint density at radius 2 is 2.19 bits per heavy atom. The smallest absolute Gasteiger partial charge is 0.136 e. The van der Waals surface area contributed by atoms with Gasteiger partial charge in [0.1, 0.15) is 11.6 Å². The van der Waals surface area contributed by atoms with Crippen molar-refractivity contribution in [3.8, 4) is 5.75 Å². The molecule has 0 amide bonds. The summed E-state index contributed by atoms with van der Waals surface area (Å²) in [5.74, 6) is 1.04. The second-order valence-corrected chi connectivity index (χ2v) is 6.10. The molecule has 1 fully saturated rings. The zero-order valence-corrected chi connectivity index (χ0v) is 12.3. The van der Waals surface area contributed by atoms with Gasteiger partial charge in [-0.1, -0.05) is 6.07 Å². The molecule has 0 aliphatic carbocycles. The zero-order valence-electron chi connectivity index (χ0n) is 12.3. The number of anilines is 1. The number of rotatable bonds is 2. The first-order valence-corrected chi connectivity index (χ1v) is 7.10. The predicted molar refractivity (Wildman–Crippen MR) is 81.7 cm³/mol. The molecular formula is C16H20N2O3. The number of benzene rings is 1. The minimum Gasteiger partial charge on any atom is -0.508 e. The summed E-state index contributed by atoms with van der Waals surface area (Å²) in [6.07, 6.45) is 1.54. The first-order chi connectivity index (χ1) is 9.98. The predicted octanol–water partition coefficient (Wildman–Crippen LogP) is 1.92. The van der Waals surface area contributed by atoms with E-state index in [1.54, 1.807) is 18.3 Å². The number of fused-ring (bicyclic) bond motifs is 1. The Morgan fingerprint density at radius 3 is 2.95 bits per heavy atom. The second kappa shape index (κ2) is 5.16. The SMILES string of the molecule is CC1(C)CN(c2nccc3ccc(O)cc23)CC(CO)O1. The van der Waals surface area contributed by atoms with Gasteiger partial charge in [-0.25, -0.2) is 4.98 Å². The average Bonchev–Trinajstić information content (AvgIpc) is 2.44. The molecule has 2 N–H and O–H groups in total. The van der Waals surface area contributed by atoms with Gasteiger partial charge in [-0.05, 0) is 37.4 Å². The van der Waals surface area contributed by atoms with Crippen molar-refractivity contribution in [1.29, 1.82) is 0 Å². The normalized spacial score (nSPS) is 21.7. The molecule has 1 aromatic carbocycles. The number of phenolic OH excluding ortho intramolecular Hbond substituents is 1. The number of phenols is 1. The summed E-state index contributed by atoms with van der Waals surface area (Å²) in [6.45, 7) is 5.26. The molecule has 1 atom stereocenters. The molecule has 0 bridgehead atoms. The van der Waals surface area contributed by atoms with Gasteiger partial charge in [0.15, 0.2) is 0 Å². The monoisotopic (exact) mass is 288 g/mol. The molecule has 21 heavy (non-hydrogen) atoms. The Labute approximate surface area is 123 Å². The fourth-order valence-electron chi connectivity index (χ4n) is 2.95. The first kappa shape index (κ1) is 14.1. The largest absolute Gasteiger partial charge is 0.508 e. The van der Waals surface area contributed by atoms with E-state index in [0.717, 1.165) is 16.6 Å². The molecule has 112 valence electrons. The Bertz CT molecular complexity index is 657. The Hall–Kier alpha value is -1.85. The van der Waals surface area contributed by atoms with E-state index in [2.05, 4.69) is 9.88 Å². The van der Waals surface area contributed by atoms with Crippen molar-refractivity contribution in [2.24, 2.45) is 0 Å². The number of aromatic nitrogens is 1. The van der Waals surface area contributed by atoms with Crippen LogP contribution >= 0.6 is 0 Å². The van der Waals surface area contributed by atoms with Crippen LogP contribution in [0.15, 0.2) is 30.5 Å². The molecule has 1 aromatic heterocycles.